The molecule has 0 aromatic heterocycles. The molecule has 2 aromatic carbocycles. The van der Waals surface area contributed by atoms with Crippen LogP contribution in [0.5, 0.6) is 11.5 Å². The fourth-order valence-electron chi connectivity index (χ4n) is 3.40. The van der Waals surface area contributed by atoms with Gasteiger partial charge in [0.25, 0.3) is 5.91 Å². The summed E-state index contributed by atoms with van der Waals surface area (Å²) in [7, 11) is 0. The van der Waals surface area contributed by atoms with Crippen molar-refractivity contribution in [2.45, 2.75) is 18.9 Å². The number of anilines is 1. The number of fused-ring (bicyclic) bond motifs is 1. The second-order valence-electron chi connectivity index (χ2n) is 7.21. The number of hydrogen-bond acceptors (Lipinski definition) is 5. The van der Waals surface area contributed by atoms with Gasteiger partial charge in [-0.25, -0.2) is 4.79 Å². The van der Waals surface area contributed by atoms with E-state index in [-0.39, 0.29) is 0 Å². The normalized spacial score (nSPS) is 20.5. The van der Waals surface area contributed by atoms with Crippen molar-refractivity contribution in [3.8, 4) is 11.5 Å². The maximum absolute atomic E-state index is 12.9. The molecule has 30 heavy (non-hydrogen) atoms. The maximum atomic E-state index is 12.9. The van der Waals surface area contributed by atoms with E-state index >= 15 is 0 Å². The molecule has 156 valence electrons. The first-order chi connectivity index (χ1) is 14.4. The molecule has 2 aliphatic heterocycles. The third kappa shape index (κ3) is 3.78. The van der Waals surface area contributed by atoms with Crippen molar-refractivity contribution in [3.63, 3.8) is 0 Å². The third-order valence-electron chi connectivity index (χ3n) is 5.03. The molecular formula is C21H20ClN3O5. The van der Waals surface area contributed by atoms with Gasteiger partial charge >= 0.3 is 6.03 Å². The monoisotopic (exact) mass is 429 g/mol. The number of benzene rings is 2. The summed E-state index contributed by atoms with van der Waals surface area (Å²) in [4.78, 5) is 38.8. The van der Waals surface area contributed by atoms with Crippen molar-refractivity contribution < 1.29 is 23.9 Å². The molecule has 2 aliphatic rings. The maximum Gasteiger partial charge on any atom is 0.325 e. The van der Waals surface area contributed by atoms with Gasteiger partial charge < -0.3 is 20.1 Å². The fourth-order valence-corrected chi connectivity index (χ4v) is 3.53. The number of halogens is 1. The molecule has 0 saturated carbocycles. The lowest BCUT2D eigenvalue weighted by Crippen LogP contribution is -2.42. The molecule has 4 amide bonds. The number of carbonyl (C=O) groups excluding carboxylic acids is 3. The average molecular weight is 430 g/mol. The van der Waals surface area contributed by atoms with Crippen LogP contribution in [0, 0.1) is 0 Å². The minimum absolute atomic E-state index is 0.414. The Morgan fingerprint density at radius 1 is 1.13 bits per heavy atom. The zero-order chi connectivity index (χ0) is 21.3. The number of carbonyl (C=O) groups is 3. The van der Waals surface area contributed by atoms with Crippen molar-refractivity contribution in [3.05, 3.63) is 53.1 Å². The molecular weight excluding hydrogens is 410 g/mol. The summed E-state index contributed by atoms with van der Waals surface area (Å²) in [5.74, 6) is 0.130. The van der Waals surface area contributed by atoms with Gasteiger partial charge in [0.2, 0.25) is 5.91 Å². The molecule has 0 bridgehead atoms. The van der Waals surface area contributed by atoms with Gasteiger partial charge in [-0.05, 0) is 36.8 Å². The lowest BCUT2D eigenvalue weighted by atomic mass is 9.92. The second-order valence-corrected chi connectivity index (χ2v) is 7.65. The SMILES string of the molecule is C[C@]1(c2ccc(Cl)cc2)NC(=O)N(CC(=O)Nc2ccc3c(c2)OCCCO3)C1=O. The van der Waals surface area contributed by atoms with Crippen LogP contribution in [0.3, 0.4) is 0 Å². The van der Waals surface area contributed by atoms with E-state index in [4.69, 9.17) is 21.1 Å². The quantitative estimate of drug-likeness (QED) is 0.728. The number of nitrogens with one attached hydrogen (secondary N) is 2. The summed E-state index contributed by atoms with van der Waals surface area (Å²) in [6.45, 7) is 2.27. The van der Waals surface area contributed by atoms with Gasteiger partial charge in [-0.3, -0.25) is 14.5 Å². The van der Waals surface area contributed by atoms with Crippen LogP contribution in [0.25, 0.3) is 0 Å². The summed E-state index contributed by atoms with van der Waals surface area (Å²) in [5, 5.41) is 5.87. The molecule has 9 heteroatoms. The molecule has 1 fully saturated rings. The minimum atomic E-state index is -1.27. The fraction of sp³-hybridized carbons (Fsp3) is 0.286. The molecule has 0 unspecified atom stereocenters. The van der Waals surface area contributed by atoms with Crippen LogP contribution < -0.4 is 20.1 Å². The molecule has 1 atom stereocenters. The van der Waals surface area contributed by atoms with Crippen LogP contribution >= 0.6 is 11.6 Å². The number of urea groups is 1. The topological polar surface area (TPSA) is 97.0 Å². The van der Waals surface area contributed by atoms with Gasteiger partial charge in [0, 0.05) is 23.2 Å². The van der Waals surface area contributed by atoms with Crippen LogP contribution in [0.4, 0.5) is 10.5 Å². The summed E-state index contributed by atoms with van der Waals surface area (Å²) >= 11 is 5.90. The zero-order valence-electron chi connectivity index (χ0n) is 16.2. The number of imide groups is 1. The number of amides is 4. The van der Waals surface area contributed by atoms with Gasteiger partial charge in [-0.15, -0.1) is 0 Å². The van der Waals surface area contributed by atoms with Crippen LogP contribution in [-0.4, -0.2) is 42.5 Å². The van der Waals surface area contributed by atoms with E-state index in [9.17, 15) is 14.4 Å². The summed E-state index contributed by atoms with van der Waals surface area (Å²) in [6.07, 6.45) is 0.773. The zero-order valence-corrected chi connectivity index (χ0v) is 17.0. The summed E-state index contributed by atoms with van der Waals surface area (Å²) in [6, 6.07) is 11.0. The number of ether oxygens (including phenoxy) is 2. The van der Waals surface area contributed by atoms with E-state index in [1.165, 1.54) is 0 Å². The van der Waals surface area contributed by atoms with E-state index in [0.29, 0.717) is 41.0 Å². The highest BCUT2D eigenvalue weighted by atomic mass is 35.5. The second kappa shape index (κ2) is 7.87. The Bertz CT molecular complexity index is 1010. The number of rotatable bonds is 4. The standard InChI is InChI=1S/C21H20ClN3O5/c1-21(13-3-5-14(22)6-4-13)19(27)25(20(28)24-21)12-18(26)23-15-7-8-16-17(11-15)30-10-2-9-29-16/h3-8,11H,2,9-10,12H2,1H3,(H,23,26)(H,24,28)/t21-/m1/s1. The Labute approximate surface area is 178 Å². The van der Waals surface area contributed by atoms with Crippen LogP contribution in [0.2, 0.25) is 5.02 Å². The lowest BCUT2D eigenvalue weighted by molar-refractivity contribution is -0.133. The lowest BCUT2D eigenvalue weighted by Gasteiger charge is -2.22. The largest absolute Gasteiger partial charge is 0.490 e. The minimum Gasteiger partial charge on any atom is -0.490 e. The Balaban J connectivity index is 1.46. The van der Waals surface area contributed by atoms with E-state index in [0.717, 1.165) is 11.3 Å². The highest BCUT2D eigenvalue weighted by Crippen LogP contribution is 2.33. The van der Waals surface area contributed by atoms with Crippen LogP contribution in [-0.2, 0) is 15.1 Å². The molecule has 0 spiro atoms. The Morgan fingerprint density at radius 2 is 1.83 bits per heavy atom. The molecule has 2 heterocycles. The predicted molar refractivity (Wildman–Crippen MR) is 110 cm³/mol. The predicted octanol–water partition coefficient (Wildman–Crippen LogP) is 2.91. The van der Waals surface area contributed by atoms with Crippen molar-refractivity contribution in [1.82, 2.24) is 10.2 Å². The van der Waals surface area contributed by atoms with Gasteiger partial charge in [0.1, 0.15) is 12.1 Å². The van der Waals surface area contributed by atoms with Gasteiger partial charge in [0.05, 0.1) is 13.2 Å². The highest BCUT2D eigenvalue weighted by Gasteiger charge is 2.49. The first-order valence-electron chi connectivity index (χ1n) is 9.46. The molecule has 0 radical (unpaired) electrons. The van der Waals surface area contributed by atoms with E-state index < -0.39 is 29.9 Å². The van der Waals surface area contributed by atoms with Crippen LogP contribution in [0.1, 0.15) is 18.9 Å². The molecule has 0 aliphatic carbocycles. The third-order valence-corrected chi connectivity index (χ3v) is 5.28. The Morgan fingerprint density at radius 3 is 2.57 bits per heavy atom. The molecule has 2 N–H and O–H groups in total. The van der Waals surface area contributed by atoms with E-state index in [1.54, 1.807) is 49.4 Å². The van der Waals surface area contributed by atoms with Gasteiger partial charge in [-0.2, -0.15) is 0 Å². The summed E-state index contributed by atoms with van der Waals surface area (Å²) < 4.78 is 11.2. The van der Waals surface area contributed by atoms with Gasteiger partial charge in [0.15, 0.2) is 11.5 Å². The Kier molecular flexibility index (Phi) is 5.26. The van der Waals surface area contributed by atoms with Crippen molar-refractivity contribution in [2.24, 2.45) is 0 Å². The van der Waals surface area contributed by atoms with E-state index in [1.807, 2.05) is 0 Å². The molecule has 1 saturated heterocycles. The van der Waals surface area contributed by atoms with E-state index in [2.05, 4.69) is 10.6 Å². The molecule has 8 nitrogen and oxygen atoms in total. The molecule has 2 aromatic rings. The van der Waals surface area contributed by atoms with Crippen molar-refractivity contribution in [2.75, 3.05) is 25.1 Å². The van der Waals surface area contributed by atoms with Crippen molar-refractivity contribution in [1.29, 1.82) is 0 Å². The number of hydrogen-bond donors (Lipinski definition) is 2. The Hall–Kier alpha value is -3.26. The smallest absolute Gasteiger partial charge is 0.325 e. The van der Waals surface area contributed by atoms with Gasteiger partial charge in [-0.1, -0.05) is 23.7 Å². The highest BCUT2D eigenvalue weighted by molar-refractivity contribution is 6.30. The number of nitrogens with zero attached hydrogens (tertiary/aromatic N) is 1. The molecule has 4 rings (SSSR count). The van der Waals surface area contributed by atoms with Crippen LogP contribution in [0.15, 0.2) is 42.5 Å². The first kappa shape index (κ1) is 20.0. The van der Waals surface area contributed by atoms with Crippen molar-refractivity contribution >= 4 is 35.1 Å². The average Bonchev–Trinajstić information content (AvgIpc) is 2.88. The summed E-state index contributed by atoms with van der Waals surface area (Å²) in [5.41, 5.74) is -0.204. The first-order valence-corrected chi connectivity index (χ1v) is 9.84.